The zero-order valence-corrected chi connectivity index (χ0v) is 10.9. The van der Waals surface area contributed by atoms with Crippen LogP contribution in [0.15, 0.2) is 30.9 Å². The van der Waals surface area contributed by atoms with Crippen LogP contribution in [-0.2, 0) is 0 Å². The number of nitrogens with one attached hydrogen (secondary N) is 1. The van der Waals surface area contributed by atoms with E-state index in [2.05, 4.69) is 49.0 Å². The molecule has 92 valence electrons. The van der Waals surface area contributed by atoms with E-state index < -0.39 is 0 Å². The fourth-order valence-electron chi connectivity index (χ4n) is 2.55. The highest BCUT2D eigenvalue weighted by Gasteiger charge is 2.20. The molecule has 1 heterocycles. The zero-order valence-electron chi connectivity index (χ0n) is 10.9. The third-order valence-electron chi connectivity index (χ3n) is 3.46. The highest BCUT2D eigenvalue weighted by Crippen LogP contribution is 2.32. The molecule has 0 aromatic heterocycles. The lowest BCUT2D eigenvalue weighted by molar-refractivity contribution is 0.523. The summed E-state index contributed by atoms with van der Waals surface area (Å²) in [4.78, 5) is 2.37. The lowest BCUT2D eigenvalue weighted by atomic mass is 9.99. The maximum atomic E-state index is 3.78. The van der Waals surface area contributed by atoms with Gasteiger partial charge in [0.2, 0.25) is 0 Å². The largest absolute Gasteiger partial charge is 0.374 e. The Morgan fingerprint density at radius 3 is 3.12 bits per heavy atom. The van der Waals surface area contributed by atoms with E-state index in [-0.39, 0.29) is 0 Å². The molecule has 0 saturated heterocycles. The summed E-state index contributed by atoms with van der Waals surface area (Å²) >= 11 is 0. The molecule has 1 unspecified atom stereocenters. The number of rotatable bonds is 3. The second kappa shape index (κ2) is 5.37. The Balaban J connectivity index is 2.34. The minimum absolute atomic E-state index is 0.466. The SMILES string of the molecule is C=CCNC1CCCN(C)c2ccc(C)cc21. The molecule has 2 nitrogen and oxygen atoms in total. The number of hydrogen-bond donors (Lipinski definition) is 1. The Morgan fingerprint density at radius 2 is 2.35 bits per heavy atom. The van der Waals surface area contributed by atoms with E-state index >= 15 is 0 Å². The zero-order chi connectivity index (χ0) is 12.3. The van der Waals surface area contributed by atoms with E-state index in [0.717, 1.165) is 13.1 Å². The van der Waals surface area contributed by atoms with Gasteiger partial charge in [-0.2, -0.15) is 0 Å². The Labute approximate surface area is 104 Å². The molecule has 0 fully saturated rings. The van der Waals surface area contributed by atoms with Crippen molar-refractivity contribution in [3.05, 3.63) is 42.0 Å². The Kier molecular flexibility index (Phi) is 3.85. The molecular formula is C15H22N2. The molecule has 0 bridgehead atoms. The molecule has 1 aliphatic heterocycles. The molecule has 1 aliphatic rings. The van der Waals surface area contributed by atoms with Crippen LogP contribution in [0.3, 0.4) is 0 Å². The predicted molar refractivity (Wildman–Crippen MR) is 74.6 cm³/mol. The van der Waals surface area contributed by atoms with Gasteiger partial charge in [0, 0.05) is 31.9 Å². The van der Waals surface area contributed by atoms with Gasteiger partial charge in [0.05, 0.1) is 0 Å². The van der Waals surface area contributed by atoms with E-state index in [1.807, 2.05) is 6.08 Å². The molecule has 0 spiro atoms. The summed E-state index contributed by atoms with van der Waals surface area (Å²) < 4.78 is 0. The van der Waals surface area contributed by atoms with Gasteiger partial charge in [-0.25, -0.2) is 0 Å². The monoisotopic (exact) mass is 230 g/mol. The molecule has 0 amide bonds. The first-order valence-corrected chi connectivity index (χ1v) is 6.38. The first-order valence-electron chi connectivity index (χ1n) is 6.38. The number of nitrogens with zero attached hydrogens (tertiary/aromatic N) is 1. The number of anilines is 1. The minimum atomic E-state index is 0.466. The summed E-state index contributed by atoms with van der Waals surface area (Å²) in [6.45, 7) is 7.96. The Morgan fingerprint density at radius 1 is 1.53 bits per heavy atom. The van der Waals surface area contributed by atoms with Gasteiger partial charge in [0.25, 0.3) is 0 Å². The molecule has 1 aromatic carbocycles. The maximum Gasteiger partial charge on any atom is 0.0412 e. The summed E-state index contributed by atoms with van der Waals surface area (Å²) in [5, 5.41) is 3.57. The molecule has 0 radical (unpaired) electrons. The summed E-state index contributed by atoms with van der Waals surface area (Å²) in [5.74, 6) is 0. The van der Waals surface area contributed by atoms with Crippen molar-refractivity contribution in [3.63, 3.8) is 0 Å². The lowest BCUT2D eigenvalue weighted by Crippen LogP contribution is -2.21. The molecule has 0 aliphatic carbocycles. The summed E-state index contributed by atoms with van der Waals surface area (Å²) in [5.41, 5.74) is 4.14. The standard InChI is InChI=1S/C15H22N2/c1-4-9-16-14-6-5-10-17(3)15-8-7-12(2)11-13(14)15/h4,7-8,11,14,16H,1,5-6,9-10H2,2-3H3. The van der Waals surface area contributed by atoms with Crippen LogP contribution >= 0.6 is 0 Å². The average molecular weight is 230 g/mol. The number of aryl methyl sites for hydroxylation is 1. The quantitative estimate of drug-likeness (QED) is 0.803. The van der Waals surface area contributed by atoms with Crippen LogP contribution in [0.25, 0.3) is 0 Å². The lowest BCUT2D eigenvalue weighted by Gasteiger charge is -2.22. The van der Waals surface area contributed by atoms with Crippen LogP contribution in [0.4, 0.5) is 5.69 Å². The van der Waals surface area contributed by atoms with E-state index in [1.165, 1.54) is 29.7 Å². The fourth-order valence-corrected chi connectivity index (χ4v) is 2.55. The molecule has 1 aromatic rings. The van der Waals surface area contributed by atoms with Crippen LogP contribution in [0.1, 0.15) is 30.0 Å². The summed E-state index contributed by atoms with van der Waals surface area (Å²) in [7, 11) is 2.18. The first kappa shape index (κ1) is 12.2. The third-order valence-corrected chi connectivity index (χ3v) is 3.46. The molecule has 0 saturated carbocycles. The van der Waals surface area contributed by atoms with Gasteiger partial charge in [-0.05, 0) is 31.4 Å². The highest BCUT2D eigenvalue weighted by molar-refractivity contribution is 5.56. The van der Waals surface area contributed by atoms with Crippen LogP contribution in [0, 0.1) is 6.92 Å². The van der Waals surface area contributed by atoms with Gasteiger partial charge in [-0.3, -0.25) is 0 Å². The molecular weight excluding hydrogens is 208 g/mol. The van der Waals surface area contributed by atoms with Crippen molar-refractivity contribution >= 4 is 5.69 Å². The van der Waals surface area contributed by atoms with Gasteiger partial charge in [-0.15, -0.1) is 6.58 Å². The second-order valence-corrected chi connectivity index (χ2v) is 4.88. The topological polar surface area (TPSA) is 15.3 Å². The van der Waals surface area contributed by atoms with Gasteiger partial charge < -0.3 is 10.2 Å². The minimum Gasteiger partial charge on any atom is -0.374 e. The van der Waals surface area contributed by atoms with Gasteiger partial charge in [0.15, 0.2) is 0 Å². The number of fused-ring (bicyclic) bond motifs is 1. The Bertz CT molecular complexity index is 398. The summed E-state index contributed by atoms with van der Waals surface area (Å²) in [6.07, 6.45) is 4.37. The van der Waals surface area contributed by atoms with Crippen molar-refractivity contribution in [1.29, 1.82) is 0 Å². The molecule has 1 atom stereocenters. The van der Waals surface area contributed by atoms with E-state index in [9.17, 15) is 0 Å². The van der Waals surface area contributed by atoms with Crippen LogP contribution in [0.2, 0.25) is 0 Å². The van der Waals surface area contributed by atoms with Crippen molar-refractivity contribution in [2.75, 3.05) is 25.0 Å². The van der Waals surface area contributed by atoms with Gasteiger partial charge in [0.1, 0.15) is 0 Å². The van der Waals surface area contributed by atoms with E-state index in [4.69, 9.17) is 0 Å². The molecule has 2 heteroatoms. The summed E-state index contributed by atoms with van der Waals surface area (Å²) in [6, 6.07) is 7.23. The van der Waals surface area contributed by atoms with Crippen molar-refractivity contribution in [3.8, 4) is 0 Å². The van der Waals surface area contributed by atoms with Crippen molar-refractivity contribution in [1.82, 2.24) is 5.32 Å². The molecule has 2 rings (SSSR count). The second-order valence-electron chi connectivity index (χ2n) is 4.88. The fraction of sp³-hybridized carbons (Fsp3) is 0.467. The number of hydrogen-bond acceptors (Lipinski definition) is 2. The van der Waals surface area contributed by atoms with E-state index in [1.54, 1.807) is 0 Å². The first-order chi connectivity index (χ1) is 8.22. The third kappa shape index (κ3) is 2.70. The van der Waals surface area contributed by atoms with Gasteiger partial charge >= 0.3 is 0 Å². The normalized spacial score (nSPS) is 19.6. The van der Waals surface area contributed by atoms with Crippen LogP contribution in [-0.4, -0.2) is 20.1 Å². The van der Waals surface area contributed by atoms with Crippen molar-refractivity contribution < 1.29 is 0 Å². The predicted octanol–water partition coefficient (Wildman–Crippen LogP) is 3.04. The molecule has 17 heavy (non-hydrogen) atoms. The van der Waals surface area contributed by atoms with Gasteiger partial charge in [-0.1, -0.05) is 23.8 Å². The van der Waals surface area contributed by atoms with Crippen LogP contribution < -0.4 is 10.2 Å². The smallest absolute Gasteiger partial charge is 0.0412 e. The van der Waals surface area contributed by atoms with Crippen LogP contribution in [0.5, 0.6) is 0 Å². The number of benzene rings is 1. The Hall–Kier alpha value is -1.28. The van der Waals surface area contributed by atoms with Crippen molar-refractivity contribution in [2.45, 2.75) is 25.8 Å². The highest BCUT2D eigenvalue weighted by atomic mass is 15.1. The van der Waals surface area contributed by atoms with E-state index in [0.29, 0.717) is 6.04 Å². The maximum absolute atomic E-state index is 3.78. The van der Waals surface area contributed by atoms with Crippen molar-refractivity contribution in [2.24, 2.45) is 0 Å². The molecule has 1 N–H and O–H groups in total. The average Bonchev–Trinajstić information content (AvgIpc) is 2.46.